The lowest BCUT2D eigenvalue weighted by atomic mass is 10.2. The predicted octanol–water partition coefficient (Wildman–Crippen LogP) is 3.74. The third-order valence-electron chi connectivity index (χ3n) is 4.26. The minimum Gasteiger partial charge on any atom is -0.493 e. The van der Waals surface area contributed by atoms with E-state index in [1.54, 1.807) is 26.8 Å². The van der Waals surface area contributed by atoms with Crippen LogP contribution >= 0.6 is 0 Å². The van der Waals surface area contributed by atoms with Gasteiger partial charge in [-0.15, -0.1) is 0 Å². The number of nitrogens with one attached hydrogen (secondary N) is 1. The topological polar surface area (TPSA) is 117 Å². The first-order valence-corrected chi connectivity index (χ1v) is 9.71. The van der Waals surface area contributed by atoms with Gasteiger partial charge >= 0.3 is 12.1 Å². The SMILES string of the molecule is CC(C)(C)OC(=O)N[C@@H](CCOc1cccc([N+](=O)[O-])c1)C(=O)OC1CCCC1. The summed E-state index contributed by atoms with van der Waals surface area (Å²) in [7, 11) is 0. The highest BCUT2D eigenvalue weighted by atomic mass is 16.6. The highest BCUT2D eigenvalue weighted by molar-refractivity contribution is 5.81. The number of carbonyl (C=O) groups is 2. The monoisotopic (exact) mass is 408 g/mol. The normalized spacial score (nSPS) is 15.4. The van der Waals surface area contributed by atoms with Crippen LogP contribution in [0.4, 0.5) is 10.5 Å². The average Bonchev–Trinajstić information content (AvgIpc) is 3.12. The summed E-state index contributed by atoms with van der Waals surface area (Å²) in [5.74, 6) is -0.232. The molecule has 1 fully saturated rings. The van der Waals surface area contributed by atoms with Gasteiger partial charge in [-0.1, -0.05) is 6.07 Å². The number of non-ortho nitro benzene ring substituents is 1. The summed E-state index contributed by atoms with van der Waals surface area (Å²) in [4.78, 5) is 35.0. The van der Waals surface area contributed by atoms with Crippen LogP contribution in [0.25, 0.3) is 0 Å². The zero-order chi connectivity index (χ0) is 21.4. The zero-order valence-corrected chi connectivity index (χ0v) is 17.0. The molecule has 0 saturated heterocycles. The second-order valence-corrected chi connectivity index (χ2v) is 7.93. The van der Waals surface area contributed by atoms with E-state index < -0.39 is 28.6 Å². The molecule has 0 bridgehead atoms. The van der Waals surface area contributed by atoms with Crippen molar-refractivity contribution in [3.8, 4) is 5.75 Å². The number of nitrogens with zero attached hydrogens (tertiary/aromatic N) is 1. The molecule has 0 aromatic heterocycles. The summed E-state index contributed by atoms with van der Waals surface area (Å²) < 4.78 is 16.3. The van der Waals surface area contributed by atoms with Crippen LogP contribution in [0.5, 0.6) is 5.75 Å². The summed E-state index contributed by atoms with van der Waals surface area (Å²) in [6.07, 6.45) is 2.93. The van der Waals surface area contributed by atoms with E-state index in [4.69, 9.17) is 14.2 Å². The fourth-order valence-corrected chi connectivity index (χ4v) is 2.93. The predicted molar refractivity (Wildman–Crippen MR) is 105 cm³/mol. The molecule has 1 aromatic carbocycles. The standard InChI is InChI=1S/C20H28N2O7/c1-20(2,3)29-19(24)21-17(18(23)28-15-8-4-5-9-15)11-12-27-16-10-6-7-14(13-16)22(25)26/h6-7,10,13,15,17H,4-5,8-9,11-12H2,1-3H3,(H,21,24)/t17-/m0/s1. The molecular weight excluding hydrogens is 380 g/mol. The van der Waals surface area contributed by atoms with Crippen LogP contribution in [0.15, 0.2) is 24.3 Å². The highest BCUT2D eigenvalue weighted by Crippen LogP contribution is 2.22. The Balaban J connectivity index is 1.96. The van der Waals surface area contributed by atoms with Crippen molar-refractivity contribution in [2.75, 3.05) is 6.61 Å². The molecule has 1 amide bonds. The number of alkyl carbamates (subject to hydrolysis) is 1. The first kappa shape index (κ1) is 22.4. The maximum Gasteiger partial charge on any atom is 0.408 e. The Labute approximate surface area is 169 Å². The quantitative estimate of drug-likeness (QED) is 0.395. The van der Waals surface area contributed by atoms with E-state index in [2.05, 4.69) is 5.32 Å². The smallest absolute Gasteiger partial charge is 0.408 e. The first-order chi connectivity index (χ1) is 13.6. The molecule has 0 unspecified atom stereocenters. The van der Waals surface area contributed by atoms with Gasteiger partial charge in [0.15, 0.2) is 0 Å². The summed E-state index contributed by atoms with van der Waals surface area (Å²) in [6, 6.07) is 4.81. The highest BCUT2D eigenvalue weighted by Gasteiger charge is 2.28. The van der Waals surface area contributed by atoms with Gasteiger partial charge in [0.25, 0.3) is 5.69 Å². The molecule has 1 aromatic rings. The molecular formula is C20H28N2O7. The van der Waals surface area contributed by atoms with E-state index in [-0.39, 0.29) is 24.8 Å². The van der Waals surface area contributed by atoms with Crippen LogP contribution in [0, 0.1) is 10.1 Å². The van der Waals surface area contributed by atoms with Gasteiger partial charge in [0.05, 0.1) is 17.6 Å². The number of hydrogen-bond acceptors (Lipinski definition) is 7. The van der Waals surface area contributed by atoms with Crippen LogP contribution in [0.1, 0.15) is 52.9 Å². The first-order valence-electron chi connectivity index (χ1n) is 9.71. The zero-order valence-electron chi connectivity index (χ0n) is 17.0. The molecule has 0 aliphatic heterocycles. The van der Waals surface area contributed by atoms with Crippen LogP contribution in [-0.2, 0) is 14.3 Å². The number of benzene rings is 1. The number of nitro benzene ring substituents is 1. The second kappa shape index (κ2) is 10.1. The molecule has 0 radical (unpaired) electrons. The van der Waals surface area contributed by atoms with Gasteiger partial charge in [0.2, 0.25) is 0 Å². The Morgan fingerprint density at radius 2 is 1.97 bits per heavy atom. The van der Waals surface area contributed by atoms with E-state index in [1.165, 1.54) is 18.2 Å². The van der Waals surface area contributed by atoms with Crippen molar-refractivity contribution < 1.29 is 28.7 Å². The Morgan fingerprint density at radius 1 is 1.28 bits per heavy atom. The van der Waals surface area contributed by atoms with Crippen LogP contribution < -0.4 is 10.1 Å². The molecule has 2 rings (SSSR count). The maximum atomic E-state index is 12.5. The number of amides is 1. The summed E-state index contributed by atoms with van der Waals surface area (Å²) in [5, 5.41) is 13.4. The van der Waals surface area contributed by atoms with Gasteiger partial charge < -0.3 is 19.5 Å². The third-order valence-corrected chi connectivity index (χ3v) is 4.26. The summed E-state index contributed by atoms with van der Waals surface area (Å²) in [5.41, 5.74) is -0.796. The van der Waals surface area contributed by atoms with Gasteiger partial charge in [-0.05, 0) is 52.5 Å². The van der Waals surface area contributed by atoms with Crippen molar-refractivity contribution in [1.82, 2.24) is 5.32 Å². The molecule has 1 aliphatic rings. The molecule has 0 heterocycles. The maximum absolute atomic E-state index is 12.5. The molecule has 0 spiro atoms. The van der Waals surface area contributed by atoms with Crippen molar-refractivity contribution >= 4 is 17.7 Å². The van der Waals surface area contributed by atoms with Gasteiger partial charge in [0.1, 0.15) is 23.5 Å². The van der Waals surface area contributed by atoms with E-state index >= 15 is 0 Å². The number of hydrogen-bond donors (Lipinski definition) is 1. The van der Waals surface area contributed by atoms with E-state index in [0.717, 1.165) is 25.7 Å². The number of rotatable bonds is 8. The van der Waals surface area contributed by atoms with Gasteiger partial charge in [-0.3, -0.25) is 10.1 Å². The molecule has 1 atom stereocenters. The lowest BCUT2D eigenvalue weighted by Gasteiger charge is -2.24. The number of ether oxygens (including phenoxy) is 3. The van der Waals surface area contributed by atoms with Gasteiger partial charge in [-0.2, -0.15) is 0 Å². The molecule has 9 nitrogen and oxygen atoms in total. The molecule has 1 saturated carbocycles. The average molecular weight is 408 g/mol. The molecule has 160 valence electrons. The van der Waals surface area contributed by atoms with Crippen LogP contribution in [-0.4, -0.2) is 41.3 Å². The van der Waals surface area contributed by atoms with E-state index in [0.29, 0.717) is 5.75 Å². The number of carbonyl (C=O) groups excluding carboxylic acids is 2. The summed E-state index contributed by atoms with van der Waals surface area (Å²) >= 11 is 0. The molecule has 1 N–H and O–H groups in total. The van der Waals surface area contributed by atoms with Crippen molar-refractivity contribution in [3.05, 3.63) is 34.4 Å². The Kier molecular flexibility index (Phi) is 7.81. The summed E-state index contributed by atoms with van der Waals surface area (Å²) in [6.45, 7) is 5.24. The fourth-order valence-electron chi connectivity index (χ4n) is 2.93. The Bertz CT molecular complexity index is 724. The number of nitro groups is 1. The Morgan fingerprint density at radius 3 is 2.59 bits per heavy atom. The van der Waals surface area contributed by atoms with Crippen molar-refractivity contribution in [2.45, 2.75) is 70.6 Å². The lowest BCUT2D eigenvalue weighted by molar-refractivity contribution is -0.384. The second-order valence-electron chi connectivity index (χ2n) is 7.93. The minimum absolute atomic E-state index is 0.0569. The van der Waals surface area contributed by atoms with Gasteiger partial charge in [-0.25, -0.2) is 9.59 Å². The molecule has 29 heavy (non-hydrogen) atoms. The minimum atomic E-state index is -0.941. The van der Waals surface area contributed by atoms with E-state index in [1.807, 2.05) is 0 Å². The largest absolute Gasteiger partial charge is 0.493 e. The fraction of sp³-hybridized carbons (Fsp3) is 0.600. The third kappa shape index (κ3) is 7.97. The lowest BCUT2D eigenvalue weighted by Crippen LogP contribution is -2.45. The molecule has 9 heteroatoms. The van der Waals surface area contributed by atoms with Crippen molar-refractivity contribution in [2.24, 2.45) is 0 Å². The van der Waals surface area contributed by atoms with Crippen molar-refractivity contribution in [3.63, 3.8) is 0 Å². The van der Waals surface area contributed by atoms with Crippen LogP contribution in [0.3, 0.4) is 0 Å². The molecule has 1 aliphatic carbocycles. The van der Waals surface area contributed by atoms with Gasteiger partial charge in [0, 0.05) is 12.5 Å². The number of esters is 1. The van der Waals surface area contributed by atoms with Crippen molar-refractivity contribution in [1.29, 1.82) is 0 Å². The Hall–Kier alpha value is -2.84. The van der Waals surface area contributed by atoms with E-state index in [9.17, 15) is 19.7 Å². The van der Waals surface area contributed by atoms with Crippen LogP contribution in [0.2, 0.25) is 0 Å².